The highest BCUT2D eigenvalue weighted by molar-refractivity contribution is 7.92. The number of H-pyrrole nitrogens is 1. The summed E-state index contributed by atoms with van der Waals surface area (Å²) >= 11 is 0. The van der Waals surface area contributed by atoms with E-state index in [0.717, 1.165) is 18.5 Å². The minimum Gasteiger partial charge on any atom is -0.469 e. The molecule has 2 N–H and O–H groups in total. The number of ether oxygens (including phenoxy) is 1. The molecule has 8 heteroatoms. The Morgan fingerprint density at radius 3 is 2.89 bits per heavy atom. The first-order chi connectivity index (χ1) is 8.46. The van der Waals surface area contributed by atoms with Crippen LogP contribution in [0.25, 0.3) is 0 Å². The molecule has 7 nitrogen and oxygen atoms in total. The molecule has 0 aliphatic carbocycles. The van der Waals surface area contributed by atoms with Gasteiger partial charge in [-0.3, -0.25) is 14.6 Å². The van der Waals surface area contributed by atoms with Crippen molar-refractivity contribution in [1.29, 1.82) is 0 Å². The highest BCUT2D eigenvalue weighted by atomic mass is 32.2. The summed E-state index contributed by atoms with van der Waals surface area (Å²) in [6, 6.07) is 1.64. The monoisotopic (exact) mass is 275 g/mol. The average Bonchev–Trinajstić information content (AvgIpc) is 2.73. The van der Waals surface area contributed by atoms with E-state index >= 15 is 0 Å². The van der Waals surface area contributed by atoms with Gasteiger partial charge in [0.1, 0.15) is 0 Å². The van der Waals surface area contributed by atoms with E-state index in [4.69, 9.17) is 0 Å². The summed E-state index contributed by atoms with van der Waals surface area (Å²) in [6.07, 6.45) is 1.56. The fourth-order valence-corrected chi connectivity index (χ4v) is 2.30. The van der Waals surface area contributed by atoms with Crippen molar-refractivity contribution >= 4 is 21.8 Å². The number of carbonyl (C=O) groups excluding carboxylic acids is 1. The number of aryl methyl sites for hydroxylation is 1. The number of methoxy groups -OCH3 is 1. The molecule has 1 aromatic rings. The highest BCUT2D eigenvalue weighted by Crippen LogP contribution is 2.09. The number of hydrogen-bond acceptors (Lipinski definition) is 5. The van der Waals surface area contributed by atoms with Gasteiger partial charge in [0.15, 0.2) is 5.82 Å². The summed E-state index contributed by atoms with van der Waals surface area (Å²) in [5.74, 6) is -0.646. The van der Waals surface area contributed by atoms with E-state index in [1.54, 1.807) is 6.07 Å². The minimum atomic E-state index is -3.57. The lowest BCUT2D eigenvalue weighted by Gasteiger charge is -2.03. The van der Waals surface area contributed by atoms with E-state index in [9.17, 15) is 13.2 Å². The third kappa shape index (κ3) is 4.74. The number of aromatic nitrogens is 2. The van der Waals surface area contributed by atoms with Gasteiger partial charge in [-0.05, 0) is 6.42 Å². The van der Waals surface area contributed by atoms with E-state index in [0.29, 0.717) is 0 Å². The Bertz CT molecular complexity index is 495. The summed E-state index contributed by atoms with van der Waals surface area (Å²) < 4.78 is 29.9. The molecule has 0 aliphatic rings. The number of carbonyl (C=O) groups is 1. The van der Waals surface area contributed by atoms with Gasteiger partial charge < -0.3 is 4.74 Å². The first kappa shape index (κ1) is 14.5. The number of anilines is 1. The number of sulfonamides is 1. The second-order valence-electron chi connectivity index (χ2n) is 3.78. The Balaban J connectivity index is 2.56. The van der Waals surface area contributed by atoms with Gasteiger partial charge in [-0.2, -0.15) is 5.10 Å². The van der Waals surface area contributed by atoms with Crippen LogP contribution in [0.1, 0.15) is 25.5 Å². The maximum Gasteiger partial charge on any atom is 0.306 e. The molecule has 0 aliphatic heterocycles. The van der Waals surface area contributed by atoms with Crippen molar-refractivity contribution in [2.24, 2.45) is 0 Å². The topological polar surface area (TPSA) is 101 Å². The van der Waals surface area contributed by atoms with Crippen molar-refractivity contribution in [1.82, 2.24) is 10.2 Å². The predicted octanol–water partition coefficient (Wildman–Crippen LogP) is 0.667. The van der Waals surface area contributed by atoms with E-state index in [-0.39, 0.29) is 18.0 Å². The van der Waals surface area contributed by atoms with Crippen LogP contribution in [0, 0.1) is 0 Å². The number of nitrogens with one attached hydrogen (secondary N) is 2. The molecular formula is C10H17N3O4S. The Labute approximate surface area is 106 Å². The molecule has 0 bridgehead atoms. The van der Waals surface area contributed by atoms with Crippen LogP contribution >= 0.6 is 0 Å². The second kappa shape index (κ2) is 6.39. The van der Waals surface area contributed by atoms with E-state index < -0.39 is 16.0 Å². The Morgan fingerprint density at radius 2 is 2.28 bits per heavy atom. The molecule has 0 aromatic carbocycles. The molecule has 0 amide bonds. The Hall–Kier alpha value is -1.57. The second-order valence-corrected chi connectivity index (χ2v) is 5.62. The first-order valence-electron chi connectivity index (χ1n) is 5.58. The van der Waals surface area contributed by atoms with Crippen molar-refractivity contribution in [2.45, 2.75) is 26.2 Å². The van der Waals surface area contributed by atoms with Crippen LogP contribution < -0.4 is 4.72 Å². The first-order valence-corrected chi connectivity index (χ1v) is 7.23. The summed E-state index contributed by atoms with van der Waals surface area (Å²) in [7, 11) is -2.36. The van der Waals surface area contributed by atoms with Gasteiger partial charge in [-0.25, -0.2) is 8.42 Å². The zero-order valence-electron chi connectivity index (χ0n) is 10.4. The van der Waals surface area contributed by atoms with Gasteiger partial charge >= 0.3 is 5.97 Å². The summed E-state index contributed by atoms with van der Waals surface area (Å²) in [4.78, 5) is 10.9. The number of aromatic amines is 1. The third-order valence-corrected chi connectivity index (χ3v) is 3.47. The quantitative estimate of drug-likeness (QED) is 0.712. The lowest BCUT2D eigenvalue weighted by molar-refractivity contribution is -0.140. The molecule has 1 rings (SSSR count). The van der Waals surface area contributed by atoms with Gasteiger partial charge in [-0.1, -0.05) is 13.3 Å². The van der Waals surface area contributed by atoms with Crippen molar-refractivity contribution in [3.63, 3.8) is 0 Å². The summed E-state index contributed by atoms with van der Waals surface area (Å²) in [5, 5.41) is 6.57. The molecule has 0 spiro atoms. The van der Waals surface area contributed by atoms with Gasteiger partial charge in [0.2, 0.25) is 10.0 Å². The van der Waals surface area contributed by atoms with Crippen LogP contribution in [0.15, 0.2) is 6.07 Å². The Kier molecular flexibility index (Phi) is 5.14. The molecule has 0 fully saturated rings. The number of hydrogen-bond donors (Lipinski definition) is 2. The maximum atomic E-state index is 11.6. The molecule has 18 heavy (non-hydrogen) atoms. The summed E-state index contributed by atoms with van der Waals surface area (Å²) in [5.41, 5.74) is 0.864. The molecule has 0 radical (unpaired) electrons. The zero-order chi connectivity index (χ0) is 13.6. The maximum absolute atomic E-state index is 11.6. The van der Waals surface area contributed by atoms with Gasteiger partial charge in [-0.15, -0.1) is 0 Å². The third-order valence-electron chi connectivity index (χ3n) is 2.21. The van der Waals surface area contributed by atoms with Crippen LogP contribution in [0.4, 0.5) is 5.82 Å². The molecule has 1 aromatic heterocycles. The normalized spacial score (nSPS) is 11.2. The molecule has 0 saturated carbocycles. The SMILES string of the molecule is CCCc1cc(NS(=O)(=O)CCC(=O)OC)n[nH]1. The van der Waals surface area contributed by atoms with Crippen LogP contribution in [0.5, 0.6) is 0 Å². The molecule has 0 unspecified atom stereocenters. The zero-order valence-corrected chi connectivity index (χ0v) is 11.2. The molecule has 0 atom stereocenters. The van der Waals surface area contributed by atoms with Crippen LogP contribution in [0.2, 0.25) is 0 Å². The standard InChI is InChI=1S/C10H17N3O4S/c1-3-4-8-7-9(12-11-8)13-18(15,16)6-5-10(14)17-2/h7H,3-6H2,1-2H3,(H2,11,12,13). The molecule has 0 saturated heterocycles. The van der Waals surface area contributed by atoms with Crippen molar-refractivity contribution in [3.8, 4) is 0 Å². The Morgan fingerprint density at radius 1 is 1.56 bits per heavy atom. The van der Waals surface area contributed by atoms with Gasteiger partial charge in [0.05, 0.1) is 19.3 Å². The van der Waals surface area contributed by atoms with Crippen molar-refractivity contribution in [3.05, 3.63) is 11.8 Å². The molecular weight excluding hydrogens is 258 g/mol. The number of nitrogens with zero attached hydrogens (tertiary/aromatic N) is 1. The van der Waals surface area contributed by atoms with Crippen LogP contribution in [0.3, 0.4) is 0 Å². The predicted molar refractivity (Wildman–Crippen MR) is 66.6 cm³/mol. The van der Waals surface area contributed by atoms with Crippen LogP contribution in [-0.2, 0) is 26.0 Å². The lowest BCUT2D eigenvalue weighted by Crippen LogP contribution is -2.19. The largest absolute Gasteiger partial charge is 0.469 e. The fraction of sp³-hybridized carbons (Fsp3) is 0.600. The van der Waals surface area contributed by atoms with Crippen LogP contribution in [-0.4, -0.2) is 37.4 Å². The van der Waals surface area contributed by atoms with Gasteiger partial charge in [0.25, 0.3) is 0 Å². The lowest BCUT2D eigenvalue weighted by atomic mass is 10.2. The van der Waals surface area contributed by atoms with E-state index in [1.807, 2.05) is 6.92 Å². The molecule has 1 heterocycles. The fourth-order valence-electron chi connectivity index (χ4n) is 1.34. The number of rotatable bonds is 7. The van der Waals surface area contributed by atoms with E-state index in [1.165, 1.54) is 7.11 Å². The van der Waals surface area contributed by atoms with E-state index in [2.05, 4.69) is 19.7 Å². The van der Waals surface area contributed by atoms with Gasteiger partial charge in [0, 0.05) is 11.8 Å². The summed E-state index contributed by atoms with van der Waals surface area (Å²) in [6.45, 7) is 2.01. The smallest absolute Gasteiger partial charge is 0.306 e. The highest BCUT2D eigenvalue weighted by Gasteiger charge is 2.15. The minimum absolute atomic E-state index is 0.182. The van der Waals surface area contributed by atoms with Crippen molar-refractivity contribution in [2.75, 3.05) is 17.6 Å². The molecule has 102 valence electrons. The van der Waals surface area contributed by atoms with Crippen molar-refractivity contribution < 1.29 is 17.9 Å². The average molecular weight is 275 g/mol. The number of esters is 1.